The van der Waals surface area contributed by atoms with E-state index in [4.69, 9.17) is 20.9 Å². The predicted molar refractivity (Wildman–Crippen MR) is 128 cm³/mol. The SMILES string of the molecule is CCCCOCCCN=C(NCC)NCCc1nc(-c2ccc(Cl)cc2)no1.I. The van der Waals surface area contributed by atoms with Gasteiger partial charge in [0.1, 0.15) is 0 Å². The first-order chi connectivity index (χ1) is 13.7. The predicted octanol–water partition coefficient (Wildman–Crippen LogP) is 4.31. The van der Waals surface area contributed by atoms with Gasteiger partial charge in [0.05, 0.1) is 0 Å². The summed E-state index contributed by atoms with van der Waals surface area (Å²) in [5.74, 6) is 1.93. The monoisotopic (exact) mass is 535 g/mol. The van der Waals surface area contributed by atoms with Gasteiger partial charge in [0.2, 0.25) is 11.7 Å². The second-order valence-corrected chi connectivity index (χ2v) is 6.71. The van der Waals surface area contributed by atoms with Gasteiger partial charge in [-0.25, -0.2) is 0 Å². The quantitative estimate of drug-likeness (QED) is 0.182. The molecule has 2 rings (SSSR count). The number of nitrogens with one attached hydrogen (secondary N) is 2. The molecule has 0 aliphatic rings. The molecule has 0 saturated carbocycles. The van der Waals surface area contributed by atoms with Crippen molar-refractivity contribution in [3.63, 3.8) is 0 Å². The fraction of sp³-hybridized carbons (Fsp3) is 0.550. The Hall–Kier alpha value is -1.39. The Bertz CT molecular complexity index is 709. The molecule has 0 spiro atoms. The van der Waals surface area contributed by atoms with Gasteiger partial charge in [-0.1, -0.05) is 30.1 Å². The molecule has 0 aliphatic heterocycles. The van der Waals surface area contributed by atoms with Crippen LogP contribution in [0.4, 0.5) is 0 Å². The molecule has 7 nitrogen and oxygen atoms in total. The van der Waals surface area contributed by atoms with E-state index < -0.39 is 0 Å². The zero-order valence-corrected chi connectivity index (χ0v) is 20.2. The molecule has 1 aromatic carbocycles. The molecule has 0 fully saturated rings. The number of benzene rings is 1. The number of aliphatic imine (C=N–C) groups is 1. The summed E-state index contributed by atoms with van der Waals surface area (Å²) in [5.41, 5.74) is 0.878. The van der Waals surface area contributed by atoms with Crippen molar-refractivity contribution in [3.05, 3.63) is 35.2 Å². The average molecular weight is 536 g/mol. The van der Waals surface area contributed by atoms with E-state index >= 15 is 0 Å². The van der Waals surface area contributed by atoms with Crippen LogP contribution in [-0.4, -0.2) is 48.9 Å². The van der Waals surface area contributed by atoms with Crippen molar-refractivity contribution in [2.45, 2.75) is 39.5 Å². The molecule has 2 N–H and O–H groups in total. The van der Waals surface area contributed by atoms with Gasteiger partial charge in [0.15, 0.2) is 5.96 Å². The summed E-state index contributed by atoms with van der Waals surface area (Å²) in [6.45, 7) is 7.97. The van der Waals surface area contributed by atoms with Crippen molar-refractivity contribution >= 4 is 41.5 Å². The summed E-state index contributed by atoms with van der Waals surface area (Å²) < 4.78 is 10.9. The Morgan fingerprint density at radius 2 is 1.90 bits per heavy atom. The Morgan fingerprint density at radius 3 is 2.62 bits per heavy atom. The standard InChI is InChI=1S/C20H30ClN5O2.HI/c1-3-5-14-27-15-6-12-23-20(22-4-2)24-13-11-18-25-19(26-28-18)16-7-9-17(21)10-8-16;/h7-10H,3-6,11-15H2,1-2H3,(H2,22,23,24);1H. The number of aromatic nitrogens is 2. The Morgan fingerprint density at radius 1 is 1.14 bits per heavy atom. The maximum absolute atomic E-state index is 5.91. The number of hydrogen-bond donors (Lipinski definition) is 2. The number of ether oxygens (including phenoxy) is 1. The van der Waals surface area contributed by atoms with Gasteiger partial charge in [-0.05, 0) is 44.0 Å². The minimum absolute atomic E-state index is 0. The zero-order chi connectivity index (χ0) is 20.0. The molecular weight excluding hydrogens is 505 g/mol. The van der Waals surface area contributed by atoms with E-state index in [1.165, 1.54) is 0 Å². The van der Waals surface area contributed by atoms with Crippen LogP contribution in [0.1, 0.15) is 39.0 Å². The molecule has 0 aliphatic carbocycles. The Balaban J connectivity index is 0.00000420. The Kier molecular flexibility index (Phi) is 13.7. The van der Waals surface area contributed by atoms with E-state index in [-0.39, 0.29) is 24.0 Å². The van der Waals surface area contributed by atoms with Gasteiger partial charge in [-0.2, -0.15) is 4.98 Å². The molecule has 0 bridgehead atoms. The molecule has 9 heteroatoms. The lowest BCUT2D eigenvalue weighted by Crippen LogP contribution is -2.38. The van der Waals surface area contributed by atoms with Gasteiger partial charge in [0, 0.05) is 49.9 Å². The highest BCUT2D eigenvalue weighted by molar-refractivity contribution is 14.0. The number of halogens is 2. The normalized spacial score (nSPS) is 11.2. The summed E-state index contributed by atoms with van der Waals surface area (Å²) in [4.78, 5) is 8.99. The van der Waals surface area contributed by atoms with Crippen LogP contribution in [0.15, 0.2) is 33.8 Å². The third-order valence-electron chi connectivity index (χ3n) is 3.90. The second kappa shape index (κ2) is 15.4. The van der Waals surface area contributed by atoms with Crippen molar-refractivity contribution in [2.75, 3.05) is 32.8 Å². The molecule has 162 valence electrons. The van der Waals surface area contributed by atoms with Crippen molar-refractivity contribution in [3.8, 4) is 11.4 Å². The van der Waals surface area contributed by atoms with Crippen molar-refractivity contribution in [1.82, 2.24) is 20.8 Å². The molecule has 0 amide bonds. The molecule has 1 heterocycles. The average Bonchev–Trinajstić information content (AvgIpc) is 3.16. The summed E-state index contributed by atoms with van der Waals surface area (Å²) in [6.07, 6.45) is 3.80. The molecule has 0 radical (unpaired) electrons. The van der Waals surface area contributed by atoms with Crippen LogP contribution in [0.2, 0.25) is 5.02 Å². The second-order valence-electron chi connectivity index (χ2n) is 6.28. The number of nitrogens with zero attached hydrogens (tertiary/aromatic N) is 3. The molecule has 0 saturated heterocycles. The van der Waals surface area contributed by atoms with Crippen LogP contribution in [-0.2, 0) is 11.2 Å². The fourth-order valence-electron chi connectivity index (χ4n) is 2.41. The minimum atomic E-state index is 0. The maximum Gasteiger partial charge on any atom is 0.228 e. The maximum atomic E-state index is 5.91. The van der Waals surface area contributed by atoms with Crippen LogP contribution >= 0.6 is 35.6 Å². The molecule has 0 unspecified atom stereocenters. The molecule has 1 aromatic heterocycles. The summed E-state index contributed by atoms with van der Waals surface area (Å²) in [5, 5.41) is 11.2. The fourth-order valence-corrected chi connectivity index (χ4v) is 2.53. The number of hydrogen-bond acceptors (Lipinski definition) is 5. The largest absolute Gasteiger partial charge is 0.381 e. The van der Waals surface area contributed by atoms with Crippen LogP contribution in [0.25, 0.3) is 11.4 Å². The summed E-state index contributed by atoms with van der Waals surface area (Å²) >= 11 is 5.91. The van der Waals surface area contributed by atoms with E-state index in [0.717, 1.165) is 57.1 Å². The summed E-state index contributed by atoms with van der Waals surface area (Å²) in [6, 6.07) is 7.36. The van der Waals surface area contributed by atoms with Crippen LogP contribution in [0, 0.1) is 0 Å². The highest BCUT2D eigenvalue weighted by Gasteiger charge is 2.08. The zero-order valence-electron chi connectivity index (χ0n) is 17.1. The van der Waals surface area contributed by atoms with Crippen LogP contribution in [0.5, 0.6) is 0 Å². The van der Waals surface area contributed by atoms with Crippen LogP contribution < -0.4 is 10.6 Å². The van der Waals surface area contributed by atoms with Crippen LogP contribution in [0.3, 0.4) is 0 Å². The summed E-state index contributed by atoms with van der Waals surface area (Å²) in [7, 11) is 0. The van der Waals surface area contributed by atoms with E-state index in [1.54, 1.807) is 0 Å². The van der Waals surface area contributed by atoms with Gasteiger partial charge in [0.25, 0.3) is 0 Å². The van der Waals surface area contributed by atoms with Crippen molar-refractivity contribution in [1.29, 1.82) is 0 Å². The van der Waals surface area contributed by atoms with Crippen molar-refractivity contribution < 1.29 is 9.26 Å². The lowest BCUT2D eigenvalue weighted by Gasteiger charge is -2.10. The van der Waals surface area contributed by atoms with Gasteiger partial charge in [-0.15, -0.1) is 24.0 Å². The third kappa shape index (κ3) is 10.3. The number of rotatable bonds is 12. The highest BCUT2D eigenvalue weighted by Crippen LogP contribution is 2.18. The van der Waals surface area contributed by atoms with E-state index in [2.05, 4.69) is 32.7 Å². The van der Waals surface area contributed by atoms with E-state index in [9.17, 15) is 0 Å². The lowest BCUT2D eigenvalue weighted by atomic mass is 10.2. The topological polar surface area (TPSA) is 84.6 Å². The number of unbranched alkanes of at least 4 members (excludes halogenated alkanes) is 1. The van der Waals surface area contributed by atoms with Gasteiger partial charge >= 0.3 is 0 Å². The first kappa shape index (κ1) is 25.6. The Labute approximate surface area is 195 Å². The van der Waals surface area contributed by atoms with Gasteiger partial charge in [-0.3, -0.25) is 4.99 Å². The number of guanidine groups is 1. The first-order valence-electron chi connectivity index (χ1n) is 9.91. The van der Waals surface area contributed by atoms with E-state index in [0.29, 0.717) is 29.7 Å². The van der Waals surface area contributed by atoms with Gasteiger partial charge < -0.3 is 19.9 Å². The molecule has 2 aromatic rings. The van der Waals surface area contributed by atoms with E-state index in [1.807, 2.05) is 31.2 Å². The third-order valence-corrected chi connectivity index (χ3v) is 4.16. The molecule has 0 atom stereocenters. The molecular formula is C20H31ClIN5O2. The van der Waals surface area contributed by atoms with Crippen molar-refractivity contribution in [2.24, 2.45) is 4.99 Å². The first-order valence-corrected chi connectivity index (χ1v) is 10.3. The lowest BCUT2D eigenvalue weighted by molar-refractivity contribution is 0.130. The smallest absolute Gasteiger partial charge is 0.228 e. The highest BCUT2D eigenvalue weighted by atomic mass is 127. The minimum Gasteiger partial charge on any atom is -0.381 e. The molecule has 29 heavy (non-hydrogen) atoms.